The monoisotopic (exact) mass is 1480 g/mol. The van der Waals surface area contributed by atoms with Gasteiger partial charge in [0, 0.05) is 66.9 Å². The fourth-order valence-electron chi connectivity index (χ4n) is 17.5. The topological polar surface area (TPSA) is 71.3 Å². The van der Waals surface area contributed by atoms with E-state index < -0.39 is 0 Å². The van der Waals surface area contributed by atoms with Crippen molar-refractivity contribution >= 4 is 98.3 Å². The Kier molecular flexibility index (Phi) is 16.4. The van der Waals surface area contributed by atoms with Gasteiger partial charge in [0.25, 0.3) is 0 Å². The first-order chi connectivity index (χ1) is 57.5. The zero-order chi connectivity index (χ0) is 76.6. The summed E-state index contributed by atoms with van der Waals surface area (Å²) in [6.45, 7) is 0. The van der Waals surface area contributed by atoms with Crippen molar-refractivity contribution in [3.05, 3.63) is 425 Å². The van der Waals surface area contributed by atoms with Gasteiger partial charge in [-0.15, -0.1) is 0 Å². The quantitative estimate of drug-likeness (QED) is 0.122. The van der Waals surface area contributed by atoms with E-state index in [9.17, 15) is 0 Å². The normalized spacial score (nSPS) is 11.6. The third kappa shape index (κ3) is 11.8. The molecule has 0 saturated heterocycles. The smallest absolute Gasteiger partial charge is 0.138 e. The predicted octanol–water partition coefficient (Wildman–Crippen LogP) is 27.8. The number of fused-ring (bicyclic) bond motifs is 13. The maximum Gasteiger partial charge on any atom is 0.138 e. The summed E-state index contributed by atoms with van der Waals surface area (Å²) >= 11 is 0. The van der Waals surface area contributed by atoms with Crippen molar-refractivity contribution < 1.29 is 0 Å². The number of hydrogen-bond donors (Lipinski definition) is 0. The first kappa shape index (κ1) is 67.3. The van der Waals surface area contributed by atoms with Crippen molar-refractivity contribution in [3.8, 4) is 112 Å². The van der Waals surface area contributed by atoms with E-state index in [0.29, 0.717) is 0 Å². The number of benzene rings is 15. The van der Waals surface area contributed by atoms with Gasteiger partial charge in [-0.1, -0.05) is 279 Å². The van der Waals surface area contributed by atoms with Gasteiger partial charge in [0.15, 0.2) is 0 Å². The van der Waals surface area contributed by atoms with Crippen molar-refractivity contribution in [1.29, 1.82) is 0 Å². The van der Waals surface area contributed by atoms with E-state index in [-0.39, 0.29) is 0 Å². The summed E-state index contributed by atoms with van der Waals surface area (Å²) in [5.74, 6) is 1.71. The highest BCUT2D eigenvalue weighted by Crippen LogP contribution is 2.44. The van der Waals surface area contributed by atoms with Gasteiger partial charge in [-0.3, -0.25) is 19.1 Å². The van der Waals surface area contributed by atoms with E-state index in [1.807, 2.05) is 36.7 Å². The molecule has 8 aromatic heterocycles. The summed E-state index contributed by atoms with van der Waals surface area (Å²) in [5.41, 5.74) is 31.0. The first-order valence-electron chi connectivity index (χ1n) is 39.4. The van der Waals surface area contributed by atoms with Crippen molar-refractivity contribution in [2.45, 2.75) is 0 Å². The van der Waals surface area contributed by atoms with Crippen LogP contribution >= 0.6 is 0 Å². The molecule has 0 fully saturated rings. The molecule has 8 nitrogen and oxygen atoms in total. The molecule has 0 unspecified atom stereocenters. The summed E-state index contributed by atoms with van der Waals surface area (Å²) in [6.07, 6.45) is 3.77. The lowest BCUT2D eigenvalue weighted by Crippen LogP contribution is -2.00. The van der Waals surface area contributed by atoms with Gasteiger partial charge in [0.05, 0.1) is 72.2 Å². The summed E-state index contributed by atoms with van der Waals surface area (Å²) in [4.78, 5) is 20.6. The summed E-state index contributed by atoms with van der Waals surface area (Å²) < 4.78 is 9.37. The SMILES string of the molecule is c1ccc(-c2cc(-c3ccccc3)cc(-n3c4ccccc4c4cc(-c5ccc6c(c5)c5ncccc5n6-c5cc(-c6ccccc6)cc(-c6ccccc6)n5)ccc43)c2)cc1.c1ccc(-c2cc(-c3ccccc3)nc(-n3c4ccc(-c5ccc6c(c5)c5ccccc5n6-c5cccc6ccccc56)cc4c4ncccc43)c2)cc1. The first-order valence-corrected chi connectivity index (χ1v) is 39.4. The molecule has 0 aliphatic rings. The van der Waals surface area contributed by atoms with Crippen molar-refractivity contribution in [1.82, 2.24) is 38.2 Å². The Balaban J connectivity index is 0.000000142. The van der Waals surface area contributed by atoms with Crippen LogP contribution in [0.25, 0.3) is 211 Å². The Morgan fingerprint density at radius 3 is 0.940 bits per heavy atom. The van der Waals surface area contributed by atoms with Crippen LogP contribution in [0.3, 0.4) is 0 Å². The molecule has 23 rings (SSSR count). The van der Waals surface area contributed by atoms with Crippen molar-refractivity contribution in [2.24, 2.45) is 0 Å². The molecule has 15 aromatic carbocycles. The average molecular weight is 1480 g/mol. The number of hydrogen-bond acceptors (Lipinski definition) is 4. The Bertz CT molecular complexity index is 7320. The van der Waals surface area contributed by atoms with Crippen LogP contribution in [0.2, 0.25) is 0 Å². The summed E-state index contributed by atoms with van der Waals surface area (Å²) in [5, 5.41) is 9.54. The van der Waals surface area contributed by atoms with E-state index in [1.165, 1.54) is 76.8 Å². The van der Waals surface area contributed by atoms with Gasteiger partial charge in [-0.25, -0.2) is 9.97 Å². The maximum atomic E-state index is 5.32. The van der Waals surface area contributed by atoms with Crippen LogP contribution in [-0.2, 0) is 0 Å². The van der Waals surface area contributed by atoms with Gasteiger partial charge in [0.2, 0.25) is 0 Å². The highest BCUT2D eigenvalue weighted by atomic mass is 15.1. The molecule has 0 amide bonds. The molecular formula is C108H70N8. The second-order valence-electron chi connectivity index (χ2n) is 29.7. The lowest BCUT2D eigenvalue weighted by molar-refractivity contribution is 1.08. The molecule has 0 spiro atoms. The molecule has 0 atom stereocenters. The number of nitrogens with zero attached hydrogens (tertiary/aromatic N) is 8. The van der Waals surface area contributed by atoms with Crippen molar-refractivity contribution in [3.63, 3.8) is 0 Å². The number of rotatable bonds is 12. The van der Waals surface area contributed by atoms with E-state index in [1.54, 1.807) is 0 Å². The fraction of sp³-hybridized carbons (Fsp3) is 0. The van der Waals surface area contributed by atoms with E-state index >= 15 is 0 Å². The molecule has 542 valence electrons. The maximum absolute atomic E-state index is 5.32. The van der Waals surface area contributed by atoms with Crippen LogP contribution in [-0.4, -0.2) is 38.2 Å². The van der Waals surface area contributed by atoms with Crippen LogP contribution in [0.1, 0.15) is 0 Å². The lowest BCUT2D eigenvalue weighted by atomic mass is 9.98. The molecule has 8 heterocycles. The number of aromatic nitrogens is 8. The fourth-order valence-corrected chi connectivity index (χ4v) is 17.5. The third-order valence-corrected chi connectivity index (χ3v) is 22.9. The highest BCUT2D eigenvalue weighted by molar-refractivity contribution is 6.15. The average Bonchev–Trinajstić information content (AvgIpc) is 1.57. The molecule has 0 bridgehead atoms. The zero-order valence-electron chi connectivity index (χ0n) is 63.0. The number of pyridine rings is 4. The highest BCUT2D eigenvalue weighted by Gasteiger charge is 2.23. The lowest BCUT2D eigenvalue weighted by Gasteiger charge is -2.14. The largest absolute Gasteiger partial charge is 0.309 e. The summed E-state index contributed by atoms with van der Waals surface area (Å²) in [7, 11) is 0. The second-order valence-corrected chi connectivity index (χ2v) is 29.7. The Morgan fingerprint density at radius 1 is 0.172 bits per heavy atom. The van der Waals surface area contributed by atoms with Gasteiger partial charge < -0.3 is 9.13 Å². The molecule has 0 aliphatic carbocycles. The molecule has 8 heteroatoms. The minimum absolute atomic E-state index is 0.854. The molecule has 116 heavy (non-hydrogen) atoms. The summed E-state index contributed by atoms with van der Waals surface area (Å²) in [6, 6.07) is 147. The minimum Gasteiger partial charge on any atom is -0.309 e. The number of para-hydroxylation sites is 2. The van der Waals surface area contributed by atoms with E-state index in [4.69, 9.17) is 19.9 Å². The molecule has 0 aliphatic heterocycles. The predicted molar refractivity (Wildman–Crippen MR) is 482 cm³/mol. The molecule has 0 saturated carbocycles. The van der Waals surface area contributed by atoms with Crippen LogP contribution in [0.4, 0.5) is 0 Å². The van der Waals surface area contributed by atoms with Gasteiger partial charge in [-0.2, -0.15) is 0 Å². The van der Waals surface area contributed by atoms with Gasteiger partial charge in [0.1, 0.15) is 11.6 Å². The Hall–Kier alpha value is -15.6. The zero-order valence-corrected chi connectivity index (χ0v) is 63.0. The van der Waals surface area contributed by atoms with Crippen LogP contribution in [0.5, 0.6) is 0 Å². The van der Waals surface area contributed by atoms with Crippen LogP contribution in [0.15, 0.2) is 425 Å². The van der Waals surface area contributed by atoms with E-state index in [0.717, 1.165) is 134 Å². The van der Waals surface area contributed by atoms with Crippen molar-refractivity contribution in [2.75, 3.05) is 0 Å². The Labute approximate surface area is 669 Å². The van der Waals surface area contributed by atoms with E-state index in [2.05, 4.69) is 407 Å². The molecule has 23 aromatic rings. The van der Waals surface area contributed by atoms with Gasteiger partial charge >= 0.3 is 0 Å². The molecule has 0 N–H and O–H groups in total. The second kappa shape index (κ2) is 28.3. The van der Waals surface area contributed by atoms with Crippen LogP contribution < -0.4 is 0 Å². The minimum atomic E-state index is 0.854. The Morgan fingerprint density at radius 2 is 0.500 bits per heavy atom. The molecule has 0 radical (unpaired) electrons. The standard InChI is InChI=1S/C58H38N4.C50H32N4/c1-5-16-39(17-6-1)45-32-46(40-18-7-2-8-19-40)34-48(33-45)61-53-25-14-13-24-49(53)50-35-43(27-29-54(50)61)44-28-30-55-51(36-44)58-56(26-15-31-59-58)62(55)57-38-47(41-20-9-3-10-21-41)37-52(60-57)42-22-11-4-12-23-42;1-3-13-33(14-4-1)38-31-43(35-16-5-2-6-17-35)52-49(32-38)54-47-27-25-37(30-42(47)50-48(54)23-12-28-51-50)36-24-26-46-41(29-36)40-20-9-10-21-45(40)53(46)44-22-11-18-34-15-7-8-19-39(34)44/h1-38H;1-32H. The van der Waals surface area contributed by atoms with Gasteiger partial charge in [-0.05, 0) is 206 Å². The van der Waals surface area contributed by atoms with Crippen LogP contribution in [0, 0.1) is 0 Å². The third-order valence-electron chi connectivity index (χ3n) is 22.9. The molecular weight excluding hydrogens is 1410 g/mol.